The number of amides is 5. The molecule has 1 saturated heterocycles. The Morgan fingerprint density at radius 2 is 1.33 bits per heavy atom. The number of hydrogen-bond acceptors (Lipinski definition) is 10. The molecule has 1 aliphatic rings. The monoisotopic (exact) mass is 636 g/mol. The van der Waals surface area contributed by atoms with Crippen LogP contribution in [0, 0.1) is 0 Å². The molecule has 246 valence electrons. The third kappa shape index (κ3) is 21.6. The summed E-state index contributed by atoms with van der Waals surface area (Å²) in [5.74, 6) is -1.85. The highest BCUT2D eigenvalue weighted by atomic mass is 31.1. The second kappa shape index (κ2) is 21.9. The van der Waals surface area contributed by atoms with Gasteiger partial charge < -0.3 is 40.4 Å². The van der Waals surface area contributed by atoms with Gasteiger partial charge in [0.15, 0.2) is 0 Å². The van der Waals surface area contributed by atoms with Gasteiger partial charge >= 0.3 is 8.25 Å². The van der Waals surface area contributed by atoms with E-state index in [1.807, 2.05) is 20.8 Å². The van der Waals surface area contributed by atoms with Crippen molar-refractivity contribution in [2.45, 2.75) is 64.6 Å². The zero-order chi connectivity index (χ0) is 32.1. The van der Waals surface area contributed by atoms with E-state index in [4.69, 9.17) is 19.1 Å². The Morgan fingerprint density at radius 1 is 0.791 bits per heavy atom. The number of carbonyl (C=O) groups excluding carboxylic acids is 5. The molecule has 0 aromatic rings. The number of carbonyl (C=O) groups is 5. The third-order valence-corrected chi connectivity index (χ3v) is 6.17. The molecule has 0 aromatic carbocycles. The first-order valence-corrected chi connectivity index (χ1v) is 15.5. The highest BCUT2D eigenvalue weighted by Crippen LogP contribution is 2.20. The van der Waals surface area contributed by atoms with Gasteiger partial charge in [-0.05, 0) is 40.0 Å². The lowest BCUT2D eigenvalue weighted by Gasteiger charge is -2.25. The normalized spacial score (nSPS) is 15.1. The molecule has 0 aliphatic carbocycles. The number of nitrogens with one attached hydrogen (secondary N) is 4. The molecule has 0 radical (unpaired) electrons. The Labute approximate surface area is 253 Å². The van der Waals surface area contributed by atoms with E-state index in [1.165, 1.54) is 0 Å². The summed E-state index contributed by atoms with van der Waals surface area (Å²) >= 11 is 0. The first kappa shape index (κ1) is 38.3. The van der Waals surface area contributed by atoms with E-state index >= 15 is 0 Å². The molecular formula is C26H47N5O11P+. The number of likely N-dealkylation sites (tertiary alicyclic amines) is 1. The Morgan fingerprint density at radius 3 is 1.93 bits per heavy atom. The topological polar surface area (TPSA) is 211 Å². The molecule has 0 bridgehead atoms. The molecule has 0 saturated carbocycles. The predicted octanol–water partition coefficient (Wildman–Crippen LogP) is -0.873. The summed E-state index contributed by atoms with van der Waals surface area (Å²) in [6.07, 6.45) is 2.46. The van der Waals surface area contributed by atoms with Crippen LogP contribution in [0.1, 0.15) is 52.9 Å². The van der Waals surface area contributed by atoms with Gasteiger partial charge in [-0.25, -0.2) is 0 Å². The Bertz CT molecular complexity index is 916. The number of nitrogens with zero attached hydrogens (tertiary/aromatic N) is 1. The molecule has 0 spiro atoms. The first-order chi connectivity index (χ1) is 20.4. The fourth-order valence-corrected chi connectivity index (χ4v) is 4.07. The van der Waals surface area contributed by atoms with Gasteiger partial charge in [-0.3, -0.25) is 24.0 Å². The summed E-state index contributed by atoms with van der Waals surface area (Å²) in [6, 6.07) is 0. The van der Waals surface area contributed by atoms with Crippen molar-refractivity contribution < 1.29 is 52.2 Å². The molecule has 0 aromatic heterocycles. The van der Waals surface area contributed by atoms with Crippen LogP contribution in [0.3, 0.4) is 0 Å². The second-order valence-electron chi connectivity index (χ2n) is 10.7. The minimum Gasteiger partial charge on any atom is -0.377 e. The third-order valence-electron chi connectivity index (χ3n) is 5.77. The largest absolute Gasteiger partial charge is 0.694 e. The minimum absolute atomic E-state index is 0.00592. The predicted molar refractivity (Wildman–Crippen MR) is 154 cm³/mol. The number of hydrogen-bond donors (Lipinski definition) is 5. The molecule has 1 rings (SSSR count). The first-order valence-electron chi connectivity index (χ1n) is 14.3. The van der Waals surface area contributed by atoms with E-state index in [0.29, 0.717) is 32.4 Å². The average molecular weight is 637 g/mol. The van der Waals surface area contributed by atoms with E-state index in [1.54, 1.807) is 4.90 Å². The van der Waals surface area contributed by atoms with Crippen LogP contribution >= 0.6 is 8.25 Å². The molecule has 5 N–H and O–H groups in total. The Hall–Kier alpha value is -2.75. The number of ether oxygens (including phenoxy) is 3. The molecule has 1 heterocycles. The lowest BCUT2D eigenvalue weighted by Crippen LogP contribution is -2.44. The highest BCUT2D eigenvalue weighted by molar-refractivity contribution is 7.32. The molecule has 2 atom stereocenters. The lowest BCUT2D eigenvalue weighted by atomic mass is 10.1. The molecule has 1 aliphatic heterocycles. The van der Waals surface area contributed by atoms with Crippen LogP contribution in [0.5, 0.6) is 0 Å². The van der Waals surface area contributed by atoms with Crippen LogP contribution in [-0.4, -0.2) is 123 Å². The fraction of sp³-hybridized carbons (Fsp3) is 0.808. The number of rotatable bonds is 22. The lowest BCUT2D eigenvalue weighted by molar-refractivity contribution is -0.131. The van der Waals surface area contributed by atoms with E-state index in [-0.39, 0.29) is 89.2 Å². The standard InChI is InChI=1S/C26H46N5O11P/c1-26(2,3)42-20-8-10-31(19-20)25(36)7-5-4-6-21(32)28-17-23(34)30-18-24(35)29-16-22(33)27-9-11-39-12-13-40-14-15-41-43(37)38/h20H,4-19H2,1-3H3,(H4-,27,28,29,30,32,33,34,35,37,38)/p+1/t20-/m0/s1. The summed E-state index contributed by atoms with van der Waals surface area (Å²) in [5.41, 5.74) is -0.249. The van der Waals surface area contributed by atoms with Crippen molar-refractivity contribution in [3.63, 3.8) is 0 Å². The second-order valence-corrected chi connectivity index (χ2v) is 11.4. The maximum absolute atomic E-state index is 12.4. The Kier molecular flexibility index (Phi) is 19.5. The van der Waals surface area contributed by atoms with Crippen molar-refractivity contribution in [2.75, 3.05) is 72.3 Å². The summed E-state index contributed by atoms with van der Waals surface area (Å²) in [6.45, 7) is 7.37. The van der Waals surface area contributed by atoms with Gasteiger partial charge in [-0.1, -0.05) is 0 Å². The Balaban J connectivity index is 1.99. The summed E-state index contributed by atoms with van der Waals surface area (Å²) in [7, 11) is -2.63. The van der Waals surface area contributed by atoms with Crippen LogP contribution in [0.4, 0.5) is 0 Å². The highest BCUT2D eigenvalue weighted by Gasteiger charge is 2.29. The zero-order valence-electron chi connectivity index (χ0n) is 25.3. The van der Waals surface area contributed by atoms with Gasteiger partial charge in [0.2, 0.25) is 29.5 Å². The smallest absolute Gasteiger partial charge is 0.377 e. The van der Waals surface area contributed by atoms with Crippen molar-refractivity contribution in [1.29, 1.82) is 0 Å². The van der Waals surface area contributed by atoms with Crippen LogP contribution in [-0.2, 0) is 47.3 Å². The van der Waals surface area contributed by atoms with Gasteiger partial charge in [0.1, 0.15) is 6.61 Å². The van der Waals surface area contributed by atoms with Crippen LogP contribution in [0.2, 0.25) is 0 Å². The van der Waals surface area contributed by atoms with Crippen molar-refractivity contribution >= 4 is 37.8 Å². The summed E-state index contributed by atoms with van der Waals surface area (Å²) in [5, 5.41) is 9.75. The van der Waals surface area contributed by atoms with Gasteiger partial charge in [0.05, 0.1) is 57.8 Å². The van der Waals surface area contributed by atoms with Gasteiger partial charge in [-0.2, -0.15) is 0 Å². The van der Waals surface area contributed by atoms with E-state index in [2.05, 4.69) is 25.8 Å². The number of unbranched alkanes of at least 4 members (excludes halogenated alkanes) is 1. The van der Waals surface area contributed by atoms with E-state index in [0.717, 1.165) is 6.42 Å². The minimum atomic E-state index is -2.63. The van der Waals surface area contributed by atoms with Gasteiger partial charge in [0, 0.05) is 37.0 Å². The van der Waals surface area contributed by atoms with E-state index < -0.39 is 26.0 Å². The molecule has 1 fully saturated rings. The summed E-state index contributed by atoms with van der Waals surface area (Å²) < 4.78 is 31.0. The molecule has 16 nitrogen and oxygen atoms in total. The maximum atomic E-state index is 12.4. The summed E-state index contributed by atoms with van der Waals surface area (Å²) in [4.78, 5) is 70.1. The van der Waals surface area contributed by atoms with Crippen LogP contribution < -0.4 is 21.3 Å². The molecule has 17 heteroatoms. The average Bonchev–Trinajstić information content (AvgIpc) is 3.39. The van der Waals surface area contributed by atoms with Crippen molar-refractivity contribution in [3.05, 3.63) is 0 Å². The van der Waals surface area contributed by atoms with Gasteiger partial charge in [0.25, 0.3) is 0 Å². The SMILES string of the molecule is CC(C)(C)O[C@H]1CCN(C(=O)CCCCC(=O)NCC(=O)NCC(=O)NCC(=O)NCCOCCOCCO[P+](=O)O)C1. The quantitative estimate of drug-likeness (QED) is 0.0728. The molecule has 1 unspecified atom stereocenters. The van der Waals surface area contributed by atoms with Crippen molar-refractivity contribution in [2.24, 2.45) is 0 Å². The zero-order valence-corrected chi connectivity index (χ0v) is 26.2. The van der Waals surface area contributed by atoms with E-state index in [9.17, 15) is 28.5 Å². The molecule has 43 heavy (non-hydrogen) atoms. The van der Waals surface area contributed by atoms with Crippen LogP contribution in [0.15, 0.2) is 0 Å². The van der Waals surface area contributed by atoms with Crippen molar-refractivity contribution in [3.8, 4) is 0 Å². The maximum Gasteiger partial charge on any atom is 0.694 e. The fourth-order valence-electron chi connectivity index (χ4n) is 3.84. The van der Waals surface area contributed by atoms with Gasteiger partial charge in [-0.15, -0.1) is 9.42 Å². The molecule has 5 amide bonds. The molecular weight excluding hydrogens is 589 g/mol. The van der Waals surface area contributed by atoms with Crippen LogP contribution in [0.25, 0.3) is 0 Å². The van der Waals surface area contributed by atoms with Crippen molar-refractivity contribution in [1.82, 2.24) is 26.2 Å².